The molecule has 6 nitrogen and oxygen atoms in total. The number of para-hydroxylation sites is 1. The maximum atomic E-state index is 12.6. The van der Waals surface area contributed by atoms with Gasteiger partial charge in [0.15, 0.2) is 0 Å². The van der Waals surface area contributed by atoms with Crippen LogP contribution in [0.25, 0.3) is 0 Å². The van der Waals surface area contributed by atoms with Crippen molar-refractivity contribution in [3.63, 3.8) is 0 Å². The number of anilines is 1. The Hall–Kier alpha value is -2.09. The molecular weight excluding hydrogens is 386 g/mol. The zero-order chi connectivity index (χ0) is 18.6. The topological polar surface area (TPSA) is 78.5 Å². The van der Waals surface area contributed by atoms with E-state index in [1.807, 2.05) is 18.0 Å². The van der Waals surface area contributed by atoms with Crippen LogP contribution in [0.15, 0.2) is 59.5 Å². The number of hydrogen-bond acceptors (Lipinski definition) is 4. The van der Waals surface area contributed by atoms with Crippen LogP contribution in [0, 0.1) is 0 Å². The summed E-state index contributed by atoms with van der Waals surface area (Å²) in [4.78, 5) is 14.5. The highest BCUT2D eigenvalue weighted by molar-refractivity contribution is 7.92. The minimum atomic E-state index is -3.67. The number of benzene rings is 2. The molecule has 2 aromatic rings. The van der Waals surface area contributed by atoms with Gasteiger partial charge in [0.25, 0.3) is 15.9 Å². The number of halogens is 1. The molecule has 0 saturated carbocycles. The fraction of sp³-hybridized carbons (Fsp3) is 0.316. The van der Waals surface area contributed by atoms with E-state index in [9.17, 15) is 13.2 Å². The Kier molecular flexibility index (Phi) is 7.24. The SMILES string of the molecule is CNC1CCN(C(=O)c2ccc(S(=O)(=O)Nc3ccccc3)cc2)CC1.Cl. The number of carbonyl (C=O) groups excluding carboxylic acids is 1. The third-order valence-electron chi connectivity index (χ3n) is 4.63. The van der Waals surface area contributed by atoms with Gasteiger partial charge in [-0.05, 0) is 56.3 Å². The van der Waals surface area contributed by atoms with Gasteiger partial charge in [-0.1, -0.05) is 18.2 Å². The second-order valence-electron chi connectivity index (χ2n) is 6.35. The van der Waals surface area contributed by atoms with Crippen LogP contribution >= 0.6 is 12.4 Å². The first-order valence-electron chi connectivity index (χ1n) is 8.64. The lowest BCUT2D eigenvalue weighted by Gasteiger charge is -2.31. The highest BCUT2D eigenvalue weighted by Gasteiger charge is 2.23. The van der Waals surface area contributed by atoms with Gasteiger partial charge in [-0.3, -0.25) is 9.52 Å². The molecule has 2 aromatic carbocycles. The Morgan fingerprint density at radius 3 is 2.15 bits per heavy atom. The summed E-state index contributed by atoms with van der Waals surface area (Å²) in [5, 5.41) is 3.24. The minimum absolute atomic E-state index is 0. The highest BCUT2D eigenvalue weighted by atomic mass is 35.5. The molecule has 0 atom stereocenters. The van der Waals surface area contributed by atoms with E-state index in [0.29, 0.717) is 30.4 Å². The van der Waals surface area contributed by atoms with Gasteiger partial charge >= 0.3 is 0 Å². The summed E-state index contributed by atoms with van der Waals surface area (Å²) in [6.07, 6.45) is 1.85. The molecule has 8 heteroatoms. The molecular formula is C19H24ClN3O3S. The molecule has 0 aliphatic carbocycles. The quantitative estimate of drug-likeness (QED) is 0.795. The lowest BCUT2D eigenvalue weighted by molar-refractivity contribution is 0.0707. The molecule has 2 N–H and O–H groups in total. The smallest absolute Gasteiger partial charge is 0.261 e. The van der Waals surface area contributed by atoms with Crippen LogP contribution in [0.5, 0.6) is 0 Å². The van der Waals surface area contributed by atoms with Gasteiger partial charge in [-0.2, -0.15) is 0 Å². The van der Waals surface area contributed by atoms with Gasteiger partial charge in [-0.25, -0.2) is 8.42 Å². The number of rotatable bonds is 5. The number of piperidine rings is 1. The van der Waals surface area contributed by atoms with E-state index in [0.717, 1.165) is 12.8 Å². The van der Waals surface area contributed by atoms with Crippen molar-refractivity contribution >= 4 is 34.0 Å². The Morgan fingerprint density at radius 2 is 1.59 bits per heavy atom. The first-order chi connectivity index (χ1) is 12.5. The van der Waals surface area contributed by atoms with Gasteiger partial charge in [0.1, 0.15) is 0 Å². The fourth-order valence-electron chi connectivity index (χ4n) is 3.05. The number of likely N-dealkylation sites (tertiary alicyclic amines) is 1. The molecule has 1 aliphatic heterocycles. The molecule has 1 heterocycles. The van der Waals surface area contributed by atoms with Crippen molar-refractivity contribution in [2.24, 2.45) is 0 Å². The van der Waals surface area contributed by atoms with Crippen molar-refractivity contribution in [3.05, 3.63) is 60.2 Å². The molecule has 1 saturated heterocycles. The third-order valence-corrected chi connectivity index (χ3v) is 6.03. The zero-order valence-corrected chi connectivity index (χ0v) is 16.7. The van der Waals surface area contributed by atoms with E-state index in [2.05, 4.69) is 10.0 Å². The molecule has 1 aliphatic rings. The van der Waals surface area contributed by atoms with Gasteiger partial charge in [0, 0.05) is 30.4 Å². The number of nitrogens with one attached hydrogen (secondary N) is 2. The lowest BCUT2D eigenvalue weighted by atomic mass is 10.0. The summed E-state index contributed by atoms with van der Waals surface area (Å²) in [7, 11) is -1.74. The average molecular weight is 410 g/mol. The number of nitrogens with zero attached hydrogens (tertiary/aromatic N) is 1. The third kappa shape index (κ3) is 5.22. The molecule has 1 amide bonds. The van der Waals surface area contributed by atoms with Crippen molar-refractivity contribution in [1.29, 1.82) is 0 Å². The summed E-state index contributed by atoms with van der Waals surface area (Å²) >= 11 is 0. The molecule has 0 unspecified atom stereocenters. The second kappa shape index (κ2) is 9.21. The van der Waals surface area contributed by atoms with Crippen LogP contribution in [-0.4, -0.2) is 45.4 Å². The predicted octanol–water partition coefficient (Wildman–Crippen LogP) is 2.73. The van der Waals surface area contributed by atoms with Crippen LogP contribution in [0.2, 0.25) is 0 Å². The van der Waals surface area contributed by atoms with E-state index >= 15 is 0 Å². The first kappa shape index (κ1) is 21.2. The van der Waals surface area contributed by atoms with Gasteiger partial charge in [0.05, 0.1) is 4.90 Å². The van der Waals surface area contributed by atoms with Crippen LogP contribution in [0.4, 0.5) is 5.69 Å². The van der Waals surface area contributed by atoms with Crippen molar-refractivity contribution in [2.45, 2.75) is 23.8 Å². The summed E-state index contributed by atoms with van der Waals surface area (Å²) in [5.41, 5.74) is 1.01. The summed E-state index contributed by atoms with van der Waals surface area (Å²) in [5.74, 6) is -0.0560. The van der Waals surface area contributed by atoms with E-state index in [4.69, 9.17) is 0 Å². The maximum Gasteiger partial charge on any atom is 0.261 e. The average Bonchev–Trinajstić information content (AvgIpc) is 2.68. The summed E-state index contributed by atoms with van der Waals surface area (Å²) < 4.78 is 27.4. The van der Waals surface area contributed by atoms with E-state index in [1.54, 1.807) is 36.4 Å². The van der Waals surface area contributed by atoms with Gasteiger partial charge in [-0.15, -0.1) is 12.4 Å². The normalized spacial score (nSPS) is 15.1. The maximum absolute atomic E-state index is 12.6. The first-order valence-corrected chi connectivity index (χ1v) is 10.1. The number of sulfonamides is 1. The number of amides is 1. The lowest BCUT2D eigenvalue weighted by Crippen LogP contribution is -2.43. The molecule has 3 rings (SSSR count). The van der Waals surface area contributed by atoms with Crippen LogP contribution in [-0.2, 0) is 10.0 Å². The Labute approximate surface area is 166 Å². The van der Waals surface area contributed by atoms with E-state index < -0.39 is 10.0 Å². The minimum Gasteiger partial charge on any atom is -0.339 e. The molecule has 1 fully saturated rings. The van der Waals surface area contributed by atoms with Gasteiger partial charge < -0.3 is 10.2 Å². The molecule has 0 bridgehead atoms. The molecule has 0 spiro atoms. The second-order valence-corrected chi connectivity index (χ2v) is 8.03. The van der Waals surface area contributed by atoms with Crippen molar-refractivity contribution in [2.75, 3.05) is 24.9 Å². The summed E-state index contributed by atoms with van der Waals surface area (Å²) in [6.45, 7) is 1.42. The van der Waals surface area contributed by atoms with Crippen LogP contribution in [0.1, 0.15) is 23.2 Å². The molecule has 0 radical (unpaired) electrons. The van der Waals surface area contributed by atoms with Crippen LogP contribution < -0.4 is 10.0 Å². The Bertz CT molecular complexity index is 850. The molecule has 0 aromatic heterocycles. The van der Waals surface area contributed by atoms with E-state index in [-0.39, 0.29) is 23.2 Å². The van der Waals surface area contributed by atoms with Crippen molar-refractivity contribution in [1.82, 2.24) is 10.2 Å². The number of hydrogen-bond donors (Lipinski definition) is 2. The monoisotopic (exact) mass is 409 g/mol. The van der Waals surface area contributed by atoms with Crippen LogP contribution in [0.3, 0.4) is 0 Å². The molecule has 27 heavy (non-hydrogen) atoms. The zero-order valence-electron chi connectivity index (χ0n) is 15.1. The van der Waals surface area contributed by atoms with Crippen molar-refractivity contribution in [3.8, 4) is 0 Å². The highest BCUT2D eigenvalue weighted by Crippen LogP contribution is 2.18. The number of carbonyl (C=O) groups is 1. The standard InChI is InChI=1S/C19H23N3O3S.ClH/c1-20-16-11-13-22(14-12-16)19(23)15-7-9-18(10-8-15)26(24,25)21-17-5-3-2-4-6-17;/h2-10,16,20-21H,11-14H2,1H3;1H. The summed E-state index contributed by atoms with van der Waals surface area (Å²) in [6, 6.07) is 15.3. The Morgan fingerprint density at radius 1 is 1.00 bits per heavy atom. The van der Waals surface area contributed by atoms with Crippen molar-refractivity contribution < 1.29 is 13.2 Å². The van der Waals surface area contributed by atoms with Gasteiger partial charge in [0.2, 0.25) is 0 Å². The Balaban J connectivity index is 0.00000261. The van der Waals surface area contributed by atoms with E-state index in [1.165, 1.54) is 12.1 Å². The fourth-order valence-corrected chi connectivity index (χ4v) is 4.11. The predicted molar refractivity (Wildman–Crippen MR) is 109 cm³/mol. The molecule has 146 valence electrons. The largest absolute Gasteiger partial charge is 0.339 e.